The Labute approximate surface area is 118 Å². The van der Waals surface area contributed by atoms with Crippen LogP contribution in [-0.2, 0) is 4.74 Å². The molecule has 21 heavy (non-hydrogen) atoms. The van der Waals surface area contributed by atoms with Crippen molar-refractivity contribution in [3.8, 4) is 0 Å². The molecule has 0 bridgehead atoms. The molecule has 1 aliphatic rings. The largest absolute Gasteiger partial charge is 0.394 e. The van der Waals surface area contributed by atoms with Crippen LogP contribution in [0, 0.1) is 6.92 Å². The summed E-state index contributed by atoms with van der Waals surface area (Å²) in [4.78, 5) is 25.6. The second kappa shape index (κ2) is 5.26. The molecule has 3 atom stereocenters. The van der Waals surface area contributed by atoms with Gasteiger partial charge in [-0.25, -0.2) is 4.79 Å². The number of aliphatic hydroxyl groups is 1. The molecule has 2 aromatic heterocycles. The molecule has 1 aliphatic heterocycles. The molecule has 2 N–H and O–H groups in total. The van der Waals surface area contributed by atoms with Crippen molar-refractivity contribution < 1.29 is 9.84 Å². The third-order valence-electron chi connectivity index (χ3n) is 3.66. The molecule has 0 aromatic carbocycles. The number of rotatable bonds is 3. The van der Waals surface area contributed by atoms with E-state index in [0.29, 0.717) is 12.0 Å². The maximum Gasteiger partial charge on any atom is 0.330 e. The zero-order valence-electron chi connectivity index (χ0n) is 11.3. The summed E-state index contributed by atoms with van der Waals surface area (Å²) in [6.07, 6.45) is 3.99. The Morgan fingerprint density at radius 3 is 2.81 bits per heavy atom. The number of H-pyrrole nitrogens is 1. The predicted molar refractivity (Wildman–Crippen MR) is 70.7 cm³/mol. The Bertz CT molecular complexity index is 735. The van der Waals surface area contributed by atoms with Crippen molar-refractivity contribution in [2.75, 3.05) is 6.61 Å². The minimum absolute atomic E-state index is 0.172. The van der Waals surface area contributed by atoms with Gasteiger partial charge in [0.05, 0.1) is 12.6 Å². The first-order valence-electron chi connectivity index (χ1n) is 6.52. The summed E-state index contributed by atoms with van der Waals surface area (Å²) >= 11 is 0. The molecule has 0 spiro atoms. The van der Waals surface area contributed by atoms with Crippen LogP contribution >= 0.6 is 0 Å². The van der Waals surface area contributed by atoms with Crippen LogP contribution < -0.4 is 11.2 Å². The van der Waals surface area contributed by atoms with Gasteiger partial charge in [-0.05, 0) is 6.92 Å². The van der Waals surface area contributed by atoms with Crippen LogP contribution in [0.3, 0.4) is 0 Å². The molecule has 1 saturated heterocycles. The van der Waals surface area contributed by atoms with Crippen molar-refractivity contribution >= 4 is 0 Å². The van der Waals surface area contributed by atoms with E-state index >= 15 is 0 Å². The Morgan fingerprint density at radius 1 is 1.43 bits per heavy atom. The van der Waals surface area contributed by atoms with E-state index in [9.17, 15) is 14.7 Å². The number of aromatic nitrogens is 5. The molecule has 9 nitrogen and oxygen atoms in total. The fourth-order valence-corrected chi connectivity index (χ4v) is 2.54. The summed E-state index contributed by atoms with van der Waals surface area (Å²) in [7, 11) is 0. The number of hydrogen-bond acceptors (Lipinski definition) is 6. The molecule has 112 valence electrons. The summed E-state index contributed by atoms with van der Waals surface area (Å²) in [5.74, 6) is 0. The topological polar surface area (TPSA) is 115 Å². The van der Waals surface area contributed by atoms with Crippen LogP contribution in [0.15, 0.2) is 28.4 Å². The van der Waals surface area contributed by atoms with Crippen molar-refractivity contribution in [3.05, 3.63) is 45.3 Å². The summed E-state index contributed by atoms with van der Waals surface area (Å²) in [5.41, 5.74) is -0.522. The van der Waals surface area contributed by atoms with E-state index in [0.717, 1.165) is 0 Å². The molecule has 0 amide bonds. The van der Waals surface area contributed by atoms with E-state index in [1.54, 1.807) is 24.1 Å². The van der Waals surface area contributed by atoms with Crippen molar-refractivity contribution in [2.24, 2.45) is 0 Å². The molecule has 0 radical (unpaired) electrons. The van der Waals surface area contributed by atoms with Crippen molar-refractivity contribution in [1.29, 1.82) is 0 Å². The minimum Gasteiger partial charge on any atom is -0.394 e. The van der Waals surface area contributed by atoms with Gasteiger partial charge in [-0.1, -0.05) is 0 Å². The maximum absolute atomic E-state index is 11.9. The fraction of sp³-hybridized carbons (Fsp3) is 0.500. The smallest absolute Gasteiger partial charge is 0.330 e. The zero-order valence-corrected chi connectivity index (χ0v) is 11.3. The molecule has 1 fully saturated rings. The maximum atomic E-state index is 11.9. The Balaban J connectivity index is 1.93. The lowest BCUT2D eigenvalue weighted by Crippen LogP contribution is -2.33. The number of aryl methyl sites for hydroxylation is 1. The Hall–Kier alpha value is -2.26. The van der Waals surface area contributed by atoms with Crippen LogP contribution in [0.5, 0.6) is 0 Å². The molecule has 0 aliphatic carbocycles. The number of aliphatic hydroxyl groups excluding tert-OH is 1. The van der Waals surface area contributed by atoms with Gasteiger partial charge in [0.1, 0.15) is 25.0 Å². The quantitative estimate of drug-likeness (QED) is 0.746. The predicted octanol–water partition coefficient (Wildman–Crippen LogP) is -1.04. The van der Waals surface area contributed by atoms with Crippen LogP contribution in [-0.4, -0.2) is 42.1 Å². The molecular weight excluding hydrogens is 278 g/mol. The van der Waals surface area contributed by atoms with Gasteiger partial charge in [-0.15, -0.1) is 10.2 Å². The van der Waals surface area contributed by atoms with E-state index in [2.05, 4.69) is 15.2 Å². The van der Waals surface area contributed by atoms with E-state index in [1.807, 2.05) is 0 Å². The van der Waals surface area contributed by atoms with Crippen molar-refractivity contribution in [2.45, 2.75) is 31.7 Å². The van der Waals surface area contributed by atoms with E-state index in [1.165, 1.54) is 10.8 Å². The van der Waals surface area contributed by atoms with Gasteiger partial charge >= 0.3 is 5.69 Å². The fourth-order valence-electron chi connectivity index (χ4n) is 2.54. The van der Waals surface area contributed by atoms with Crippen molar-refractivity contribution in [1.82, 2.24) is 24.3 Å². The van der Waals surface area contributed by atoms with E-state index in [-0.39, 0.29) is 12.6 Å². The highest BCUT2D eigenvalue weighted by Crippen LogP contribution is 2.35. The highest BCUT2D eigenvalue weighted by Gasteiger charge is 2.37. The first kappa shape index (κ1) is 13.7. The number of nitrogens with zero attached hydrogens (tertiary/aromatic N) is 4. The average molecular weight is 293 g/mol. The van der Waals surface area contributed by atoms with Gasteiger partial charge in [0.15, 0.2) is 0 Å². The first-order valence-corrected chi connectivity index (χ1v) is 6.52. The summed E-state index contributed by atoms with van der Waals surface area (Å²) in [6, 6.07) is -0.172. The molecule has 3 rings (SSSR count). The van der Waals surface area contributed by atoms with Crippen LogP contribution in [0.4, 0.5) is 0 Å². The van der Waals surface area contributed by atoms with Crippen molar-refractivity contribution in [3.63, 3.8) is 0 Å². The lowest BCUT2D eigenvalue weighted by molar-refractivity contribution is -0.0315. The lowest BCUT2D eigenvalue weighted by Gasteiger charge is -2.16. The van der Waals surface area contributed by atoms with Gasteiger partial charge in [0.25, 0.3) is 5.56 Å². The number of nitrogens with one attached hydrogen (secondary N) is 1. The van der Waals surface area contributed by atoms with Gasteiger partial charge in [0.2, 0.25) is 0 Å². The summed E-state index contributed by atoms with van der Waals surface area (Å²) < 4.78 is 8.80. The minimum atomic E-state index is -0.558. The van der Waals surface area contributed by atoms with Gasteiger partial charge in [0, 0.05) is 18.2 Å². The number of ether oxygens (including phenoxy) is 1. The summed E-state index contributed by atoms with van der Waals surface area (Å²) in [6.45, 7) is 1.43. The monoisotopic (exact) mass is 293 g/mol. The number of aromatic amines is 1. The lowest BCUT2D eigenvalue weighted by atomic mass is 10.1. The standard InChI is InChI=1S/C12H15N5O4/c1-7-3-17(12(20)15-11(7)19)10-2-8(9(4-18)21-10)16-5-13-14-6-16/h3,5-6,8-10,18H,2,4H2,1H3,(H,15,19,20)/t8-,9+,10+/m0/s1. The third kappa shape index (κ3) is 2.41. The first-order chi connectivity index (χ1) is 10.1. The molecule has 9 heteroatoms. The molecule has 3 heterocycles. The van der Waals surface area contributed by atoms with Crippen LogP contribution in [0.1, 0.15) is 24.3 Å². The third-order valence-corrected chi connectivity index (χ3v) is 3.66. The van der Waals surface area contributed by atoms with Gasteiger partial charge < -0.3 is 14.4 Å². The Morgan fingerprint density at radius 2 is 2.14 bits per heavy atom. The van der Waals surface area contributed by atoms with Crippen LogP contribution in [0.2, 0.25) is 0 Å². The highest BCUT2D eigenvalue weighted by molar-refractivity contribution is 5.02. The van der Waals surface area contributed by atoms with Crippen LogP contribution in [0.25, 0.3) is 0 Å². The molecule has 0 saturated carbocycles. The highest BCUT2D eigenvalue weighted by atomic mass is 16.5. The van der Waals surface area contributed by atoms with Gasteiger partial charge in [-0.3, -0.25) is 14.3 Å². The second-order valence-electron chi connectivity index (χ2n) is 5.00. The summed E-state index contributed by atoms with van der Waals surface area (Å²) in [5, 5.41) is 16.9. The molecule has 2 aromatic rings. The average Bonchev–Trinajstić information content (AvgIpc) is 3.10. The molecular formula is C12H15N5O4. The zero-order chi connectivity index (χ0) is 15.0. The second-order valence-corrected chi connectivity index (χ2v) is 5.00. The van der Waals surface area contributed by atoms with Gasteiger partial charge in [-0.2, -0.15) is 0 Å². The Kier molecular flexibility index (Phi) is 3.43. The molecule has 0 unspecified atom stereocenters. The van der Waals surface area contributed by atoms with E-state index < -0.39 is 23.6 Å². The van der Waals surface area contributed by atoms with E-state index in [4.69, 9.17) is 4.74 Å². The SMILES string of the molecule is Cc1cn([C@H]2C[C@H](n3cnnc3)[C@@H](CO)O2)c(=O)[nH]c1=O. The normalized spacial score (nSPS) is 25.3. The number of hydrogen-bond donors (Lipinski definition) is 2.